The summed E-state index contributed by atoms with van der Waals surface area (Å²) >= 11 is 0. The fourth-order valence-corrected chi connectivity index (χ4v) is 1.72. The summed E-state index contributed by atoms with van der Waals surface area (Å²) in [5.41, 5.74) is 2.15. The number of nitrogens with zero attached hydrogens (tertiary/aromatic N) is 2. The van der Waals surface area contributed by atoms with E-state index in [0.29, 0.717) is 12.2 Å². The molecule has 5 heteroatoms. The third kappa shape index (κ3) is 5.10. The number of amides is 1. The Labute approximate surface area is 128 Å². The molecule has 1 heterocycles. The predicted octanol–water partition coefficient (Wildman–Crippen LogP) is 2.89. The van der Waals surface area contributed by atoms with Crippen molar-refractivity contribution in [1.82, 2.24) is 10.3 Å². The number of pyridine rings is 1. The minimum absolute atomic E-state index is 0.242. The van der Waals surface area contributed by atoms with Crippen molar-refractivity contribution in [2.75, 3.05) is 6.54 Å². The monoisotopic (exact) mass is 293 g/mol. The Balaban J connectivity index is 1.72. The minimum Gasteiger partial charge on any atom is -0.445 e. The maximum absolute atomic E-state index is 11.5. The van der Waals surface area contributed by atoms with Crippen LogP contribution in [0.1, 0.15) is 16.8 Å². The maximum Gasteiger partial charge on any atom is 0.407 e. The lowest BCUT2D eigenvalue weighted by molar-refractivity contribution is 0.141. The molecule has 0 unspecified atom stereocenters. The van der Waals surface area contributed by atoms with Crippen LogP contribution < -0.4 is 5.32 Å². The number of aromatic nitrogens is 1. The number of hydrogen-bond donors (Lipinski definition) is 1. The molecule has 110 valence electrons. The van der Waals surface area contributed by atoms with E-state index in [0.717, 1.165) is 11.1 Å². The average molecular weight is 293 g/mol. The third-order valence-corrected chi connectivity index (χ3v) is 2.79. The molecule has 0 bridgehead atoms. The van der Waals surface area contributed by atoms with E-state index in [4.69, 9.17) is 10.00 Å². The largest absolute Gasteiger partial charge is 0.445 e. The summed E-state index contributed by atoms with van der Waals surface area (Å²) in [6, 6.07) is 14.9. The van der Waals surface area contributed by atoms with Gasteiger partial charge in [-0.3, -0.25) is 0 Å². The van der Waals surface area contributed by atoms with Crippen molar-refractivity contribution in [2.45, 2.75) is 6.61 Å². The van der Waals surface area contributed by atoms with E-state index in [2.05, 4.69) is 10.3 Å². The van der Waals surface area contributed by atoms with Gasteiger partial charge in [0, 0.05) is 12.7 Å². The van der Waals surface area contributed by atoms with Crippen molar-refractivity contribution in [1.29, 1.82) is 5.26 Å². The number of carbonyl (C=O) groups is 1. The Kier molecular flexibility index (Phi) is 5.70. The third-order valence-electron chi connectivity index (χ3n) is 2.79. The normalized spacial score (nSPS) is 10.1. The van der Waals surface area contributed by atoms with Gasteiger partial charge in [-0.05, 0) is 23.3 Å². The van der Waals surface area contributed by atoms with Gasteiger partial charge in [-0.2, -0.15) is 5.26 Å². The summed E-state index contributed by atoms with van der Waals surface area (Å²) in [5, 5.41) is 11.4. The van der Waals surface area contributed by atoms with Gasteiger partial charge in [0.25, 0.3) is 0 Å². The van der Waals surface area contributed by atoms with Gasteiger partial charge < -0.3 is 10.1 Å². The Morgan fingerprint density at radius 1 is 1.32 bits per heavy atom. The number of rotatable bonds is 5. The molecule has 0 spiro atoms. The van der Waals surface area contributed by atoms with Crippen molar-refractivity contribution in [3.05, 3.63) is 71.6 Å². The topological polar surface area (TPSA) is 75.0 Å². The molecule has 1 aromatic carbocycles. The van der Waals surface area contributed by atoms with E-state index in [9.17, 15) is 4.79 Å². The van der Waals surface area contributed by atoms with Crippen LogP contribution in [-0.2, 0) is 11.3 Å². The zero-order valence-electron chi connectivity index (χ0n) is 11.9. The first-order valence-corrected chi connectivity index (χ1v) is 6.75. The molecular formula is C17H15N3O2. The van der Waals surface area contributed by atoms with E-state index in [-0.39, 0.29) is 6.61 Å². The Hall–Kier alpha value is -3.13. The Bertz CT molecular complexity index is 691. The number of hydrogen-bond acceptors (Lipinski definition) is 4. The van der Waals surface area contributed by atoms with Gasteiger partial charge in [0.2, 0.25) is 0 Å². The average Bonchev–Trinajstić information content (AvgIpc) is 2.58. The highest BCUT2D eigenvalue weighted by Gasteiger charge is 2.00. The minimum atomic E-state index is -0.471. The molecule has 0 fully saturated rings. The molecular weight excluding hydrogens is 278 g/mol. The van der Waals surface area contributed by atoms with Crippen LogP contribution in [0.2, 0.25) is 0 Å². The Morgan fingerprint density at radius 2 is 2.14 bits per heavy atom. The summed E-state index contributed by atoms with van der Waals surface area (Å²) in [6.07, 6.45) is 4.68. The molecule has 22 heavy (non-hydrogen) atoms. The summed E-state index contributed by atoms with van der Waals surface area (Å²) in [6.45, 7) is 0.587. The molecule has 1 N–H and O–H groups in total. The summed E-state index contributed by atoms with van der Waals surface area (Å²) in [4.78, 5) is 15.4. The van der Waals surface area contributed by atoms with Gasteiger partial charge in [-0.25, -0.2) is 9.78 Å². The molecule has 1 amide bonds. The van der Waals surface area contributed by atoms with Crippen molar-refractivity contribution in [3.63, 3.8) is 0 Å². The molecule has 5 nitrogen and oxygen atoms in total. The van der Waals surface area contributed by atoms with Gasteiger partial charge in [-0.1, -0.05) is 42.5 Å². The molecule has 0 aliphatic rings. The number of carbonyl (C=O) groups excluding carboxylic acids is 1. The van der Waals surface area contributed by atoms with Crippen LogP contribution in [-0.4, -0.2) is 17.6 Å². The summed E-state index contributed by atoms with van der Waals surface area (Å²) < 4.78 is 5.08. The zero-order chi connectivity index (χ0) is 15.6. The first kappa shape index (κ1) is 15.3. The molecule has 0 radical (unpaired) electrons. The van der Waals surface area contributed by atoms with Gasteiger partial charge >= 0.3 is 6.09 Å². The maximum atomic E-state index is 11.5. The van der Waals surface area contributed by atoms with Crippen LogP contribution in [0.5, 0.6) is 0 Å². The molecule has 0 aliphatic carbocycles. The van der Waals surface area contributed by atoms with Crippen molar-refractivity contribution in [2.24, 2.45) is 0 Å². The number of ether oxygens (including phenoxy) is 1. The smallest absolute Gasteiger partial charge is 0.407 e. The van der Waals surface area contributed by atoms with Crippen molar-refractivity contribution < 1.29 is 9.53 Å². The van der Waals surface area contributed by atoms with E-state index in [1.807, 2.05) is 36.4 Å². The SMILES string of the molecule is N#Cc1cc(C=CCNC(=O)OCc2ccccc2)ccn1. The fraction of sp³-hybridized carbons (Fsp3) is 0.118. The highest BCUT2D eigenvalue weighted by Crippen LogP contribution is 2.03. The molecule has 2 rings (SSSR count). The molecule has 1 aromatic heterocycles. The first-order chi connectivity index (χ1) is 10.8. The summed E-state index contributed by atoms with van der Waals surface area (Å²) in [5.74, 6) is 0. The van der Waals surface area contributed by atoms with Gasteiger partial charge in [0.05, 0.1) is 0 Å². The number of nitrogens with one attached hydrogen (secondary N) is 1. The van der Waals surface area contributed by atoms with Crippen molar-refractivity contribution >= 4 is 12.2 Å². The molecule has 0 saturated carbocycles. The van der Waals surface area contributed by atoms with Gasteiger partial charge in [0.15, 0.2) is 0 Å². The van der Waals surface area contributed by atoms with Crippen molar-refractivity contribution in [3.8, 4) is 6.07 Å². The second-order valence-corrected chi connectivity index (χ2v) is 4.43. The second kappa shape index (κ2) is 8.22. The van der Waals surface area contributed by atoms with Gasteiger partial charge in [0.1, 0.15) is 18.4 Å². The molecule has 0 saturated heterocycles. The van der Waals surface area contributed by atoms with Crippen LogP contribution in [0.3, 0.4) is 0 Å². The predicted molar refractivity (Wildman–Crippen MR) is 82.6 cm³/mol. The zero-order valence-corrected chi connectivity index (χ0v) is 11.9. The lowest BCUT2D eigenvalue weighted by atomic mass is 10.2. The highest BCUT2D eigenvalue weighted by atomic mass is 16.5. The number of benzene rings is 1. The quantitative estimate of drug-likeness (QED) is 0.919. The van der Waals surface area contributed by atoms with Crippen LogP contribution in [0, 0.1) is 11.3 Å². The highest BCUT2D eigenvalue weighted by molar-refractivity contribution is 5.67. The van der Waals surface area contributed by atoms with Gasteiger partial charge in [-0.15, -0.1) is 0 Å². The van der Waals surface area contributed by atoms with Crippen LogP contribution in [0.15, 0.2) is 54.7 Å². The standard InChI is InChI=1S/C17H15N3O2/c18-12-16-11-14(8-10-19-16)7-4-9-20-17(21)22-13-15-5-2-1-3-6-15/h1-8,10-11H,9,13H2,(H,20,21). The van der Waals surface area contributed by atoms with Crippen LogP contribution >= 0.6 is 0 Å². The lowest BCUT2D eigenvalue weighted by Gasteiger charge is -2.05. The lowest BCUT2D eigenvalue weighted by Crippen LogP contribution is -2.24. The number of nitriles is 1. The molecule has 0 atom stereocenters. The van der Waals surface area contributed by atoms with E-state index < -0.39 is 6.09 Å². The Morgan fingerprint density at radius 3 is 2.91 bits per heavy atom. The summed E-state index contributed by atoms with van der Waals surface area (Å²) in [7, 11) is 0. The van der Waals surface area contributed by atoms with Crippen LogP contribution in [0.4, 0.5) is 4.79 Å². The number of alkyl carbamates (subject to hydrolysis) is 1. The van der Waals surface area contributed by atoms with E-state index in [1.54, 1.807) is 30.5 Å². The van der Waals surface area contributed by atoms with E-state index in [1.165, 1.54) is 0 Å². The fourth-order valence-electron chi connectivity index (χ4n) is 1.72. The molecule has 2 aromatic rings. The molecule has 0 aliphatic heterocycles. The second-order valence-electron chi connectivity index (χ2n) is 4.43. The van der Waals surface area contributed by atoms with Crippen LogP contribution in [0.25, 0.3) is 6.08 Å². The first-order valence-electron chi connectivity index (χ1n) is 6.75. The van der Waals surface area contributed by atoms with E-state index >= 15 is 0 Å².